The third kappa shape index (κ3) is 3.27. The number of hydrogen-bond donors (Lipinski definition) is 1. The van der Waals surface area contributed by atoms with Crippen molar-refractivity contribution in [3.8, 4) is 5.75 Å². The maximum atomic E-state index is 11.3. The van der Waals surface area contributed by atoms with Gasteiger partial charge in [0.1, 0.15) is 5.75 Å². The number of rotatable bonds is 4. The molecule has 15 heavy (non-hydrogen) atoms. The Morgan fingerprint density at radius 1 is 1.47 bits per heavy atom. The van der Waals surface area contributed by atoms with Gasteiger partial charge in [-0.05, 0) is 31.0 Å². The van der Waals surface area contributed by atoms with Crippen molar-refractivity contribution in [3.63, 3.8) is 0 Å². The van der Waals surface area contributed by atoms with Crippen LogP contribution >= 0.6 is 0 Å². The summed E-state index contributed by atoms with van der Waals surface area (Å²) in [6, 6.07) is 5.82. The molecule has 1 rings (SSSR count). The lowest BCUT2D eigenvalue weighted by molar-refractivity contribution is -0.120. The van der Waals surface area contributed by atoms with Crippen LogP contribution in [0.25, 0.3) is 0 Å². The summed E-state index contributed by atoms with van der Waals surface area (Å²) in [5.74, 6) is 0.875. The first-order chi connectivity index (χ1) is 7.17. The number of ether oxygens (including phenoxy) is 1. The molecule has 0 aliphatic carbocycles. The number of hydrogen-bond acceptors (Lipinski definition) is 2. The molecule has 0 aliphatic heterocycles. The molecule has 0 unspecified atom stereocenters. The monoisotopic (exact) mass is 207 g/mol. The van der Waals surface area contributed by atoms with Crippen molar-refractivity contribution in [2.45, 2.75) is 20.3 Å². The van der Waals surface area contributed by atoms with E-state index in [0.29, 0.717) is 13.0 Å². The molecule has 0 fully saturated rings. The minimum absolute atomic E-state index is 0.0448. The molecule has 0 spiro atoms. The van der Waals surface area contributed by atoms with Crippen molar-refractivity contribution in [2.75, 3.05) is 13.7 Å². The van der Waals surface area contributed by atoms with E-state index in [-0.39, 0.29) is 5.91 Å². The minimum Gasteiger partial charge on any atom is -0.496 e. The number of amides is 1. The molecule has 1 aromatic carbocycles. The van der Waals surface area contributed by atoms with E-state index in [1.165, 1.54) is 0 Å². The fraction of sp³-hybridized carbons (Fsp3) is 0.417. The highest BCUT2D eigenvalue weighted by atomic mass is 16.5. The quantitative estimate of drug-likeness (QED) is 0.815. The normalized spacial score (nSPS) is 9.80. The van der Waals surface area contributed by atoms with Gasteiger partial charge < -0.3 is 10.1 Å². The van der Waals surface area contributed by atoms with E-state index in [2.05, 4.69) is 5.32 Å². The smallest absolute Gasteiger partial charge is 0.224 e. The fourth-order valence-electron chi connectivity index (χ4n) is 1.42. The van der Waals surface area contributed by atoms with Gasteiger partial charge >= 0.3 is 0 Å². The van der Waals surface area contributed by atoms with E-state index in [0.717, 1.165) is 16.9 Å². The molecule has 0 saturated carbocycles. The van der Waals surface area contributed by atoms with Gasteiger partial charge in [0, 0.05) is 6.54 Å². The summed E-state index contributed by atoms with van der Waals surface area (Å²) in [6.45, 7) is 4.56. The van der Waals surface area contributed by atoms with Crippen LogP contribution in [-0.2, 0) is 11.2 Å². The highest BCUT2D eigenvalue weighted by Gasteiger charge is 2.04. The first kappa shape index (κ1) is 11.6. The Balaban J connectivity index is 2.74. The second-order valence-corrected chi connectivity index (χ2v) is 3.43. The van der Waals surface area contributed by atoms with Gasteiger partial charge in [0.25, 0.3) is 0 Å². The van der Waals surface area contributed by atoms with E-state index < -0.39 is 0 Å². The molecule has 0 atom stereocenters. The van der Waals surface area contributed by atoms with Crippen LogP contribution in [0.15, 0.2) is 18.2 Å². The molecule has 1 amide bonds. The first-order valence-electron chi connectivity index (χ1n) is 5.07. The van der Waals surface area contributed by atoms with Crippen molar-refractivity contribution in [3.05, 3.63) is 29.3 Å². The van der Waals surface area contributed by atoms with Crippen LogP contribution in [0.2, 0.25) is 0 Å². The van der Waals surface area contributed by atoms with Crippen molar-refractivity contribution in [2.24, 2.45) is 0 Å². The average Bonchev–Trinajstić information content (AvgIpc) is 2.21. The third-order valence-electron chi connectivity index (χ3n) is 2.21. The Hall–Kier alpha value is -1.51. The molecule has 3 nitrogen and oxygen atoms in total. The van der Waals surface area contributed by atoms with Gasteiger partial charge in [0.15, 0.2) is 0 Å². The van der Waals surface area contributed by atoms with Crippen molar-refractivity contribution < 1.29 is 9.53 Å². The lowest BCUT2D eigenvalue weighted by Crippen LogP contribution is -2.24. The second-order valence-electron chi connectivity index (χ2n) is 3.43. The molecule has 0 saturated heterocycles. The highest BCUT2D eigenvalue weighted by molar-refractivity contribution is 5.78. The standard InChI is InChI=1S/C12H17NO2/c1-4-13-12(14)8-10-6-5-9(2)11(7-10)15-3/h5-7H,4,8H2,1-3H3,(H,13,14). The SMILES string of the molecule is CCNC(=O)Cc1ccc(C)c(OC)c1. The third-order valence-corrected chi connectivity index (χ3v) is 2.21. The van der Waals surface area contributed by atoms with E-state index in [4.69, 9.17) is 4.74 Å². The predicted octanol–water partition coefficient (Wildman–Crippen LogP) is 1.68. The topological polar surface area (TPSA) is 38.3 Å². The zero-order chi connectivity index (χ0) is 11.3. The number of nitrogens with one attached hydrogen (secondary N) is 1. The van der Waals surface area contributed by atoms with Crippen molar-refractivity contribution in [1.29, 1.82) is 0 Å². The fourth-order valence-corrected chi connectivity index (χ4v) is 1.42. The van der Waals surface area contributed by atoms with Crippen LogP contribution < -0.4 is 10.1 Å². The van der Waals surface area contributed by atoms with Crippen LogP contribution in [0.5, 0.6) is 5.75 Å². The molecule has 0 aromatic heterocycles. The number of benzene rings is 1. The summed E-state index contributed by atoms with van der Waals surface area (Å²) in [6.07, 6.45) is 0.407. The molecule has 82 valence electrons. The molecule has 1 aromatic rings. The van der Waals surface area contributed by atoms with Gasteiger partial charge in [0.2, 0.25) is 5.91 Å². The summed E-state index contributed by atoms with van der Waals surface area (Å²) in [4.78, 5) is 11.3. The van der Waals surface area contributed by atoms with Crippen molar-refractivity contribution in [1.82, 2.24) is 5.32 Å². The van der Waals surface area contributed by atoms with Gasteiger partial charge in [-0.15, -0.1) is 0 Å². The maximum absolute atomic E-state index is 11.3. The second kappa shape index (κ2) is 5.39. The lowest BCUT2D eigenvalue weighted by Gasteiger charge is -2.07. The molecular formula is C12H17NO2. The number of carbonyl (C=O) groups is 1. The number of carbonyl (C=O) groups excluding carboxylic acids is 1. The van der Waals surface area contributed by atoms with E-state index >= 15 is 0 Å². The number of aryl methyl sites for hydroxylation is 1. The zero-order valence-electron chi connectivity index (χ0n) is 9.46. The van der Waals surface area contributed by atoms with Crippen LogP contribution in [0, 0.1) is 6.92 Å². The van der Waals surface area contributed by atoms with E-state index in [9.17, 15) is 4.79 Å². The molecule has 1 N–H and O–H groups in total. The van der Waals surface area contributed by atoms with Gasteiger partial charge in [-0.25, -0.2) is 0 Å². The number of likely N-dealkylation sites (N-methyl/N-ethyl adjacent to an activating group) is 1. The Morgan fingerprint density at radius 2 is 2.20 bits per heavy atom. The Morgan fingerprint density at radius 3 is 2.80 bits per heavy atom. The van der Waals surface area contributed by atoms with E-state index in [1.807, 2.05) is 32.0 Å². The average molecular weight is 207 g/mol. The molecular weight excluding hydrogens is 190 g/mol. The summed E-state index contributed by atoms with van der Waals surface area (Å²) in [5, 5.41) is 2.77. The Labute approximate surface area is 90.4 Å². The largest absolute Gasteiger partial charge is 0.496 e. The highest BCUT2D eigenvalue weighted by Crippen LogP contribution is 2.19. The Kier molecular flexibility index (Phi) is 4.16. The zero-order valence-corrected chi connectivity index (χ0v) is 9.46. The molecule has 0 bridgehead atoms. The molecule has 0 radical (unpaired) electrons. The van der Waals surface area contributed by atoms with Gasteiger partial charge in [-0.2, -0.15) is 0 Å². The lowest BCUT2D eigenvalue weighted by atomic mass is 10.1. The summed E-state index contributed by atoms with van der Waals surface area (Å²) >= 11 is 0. The molecule has 0 aliphatic rings. The molecule has 0 heterocycles. The van der Waals surface area contributed by atoms with Crippen LogP contribution in [-0.4, -0.2) is 19.6 Å². The van der Waals surface area contributed by atoms with Crippen molar-refractivity contribution >= 4 is 5.91 Å². The summed E-state index contributed by atoms with van der Waals surface area (Å²) in [5.41, 5.74) is 2.06. The van der Waals surface area contributed by atoms with Crippen LogP contribution in [0.1, 0.15) is 18.1 Å². The van der Waals surface area contributed by atoms with Crippen LogP contribution in [0.4, 0.5) is 0 Å². The molecule has 3 heteroatoms. The van der Waals surface area contributed by atoms with E-state index in [1.54, 1.807) is 7.11 Å². The summed E-state index contributed by atoms with van der Waals surface area (Å²) in [7, 11) is 1.64. The first-order valence-corrected chi connectivity index (χ1v) is 5.07. The van der Waals surface area contributed by atoms with Gasteiger partial charge in [-0.1, -0.05) is 12.1 Å². The predicted molar refractivity (Wildman–Crippen MR) is 60.1 cm³/mol. The van der Waals surface area contributed by atoms with Crippen LogP contribution in [0.3, 0.4) is 0 Å². The summed E-state index contributed by atoms with van der Waals surface area (Å²) < 4.78 is 5.20. The van der Waals surface area contributed by atoms with Gasteiger partial charge in [-0.3, -0.25) is 4.79 Å². The maximum Gasteiger partial charge on any atom is 0.224 e. The number of methoxy groups -OCH3 is 1. The Bertz CT molecular complexity index is 347. The minimum atomic E-state index is 0.0448. The van der Waals surface area contributed by atoms with Gasteiger partial charge in [0.05, 0.1) is 13.5 Å².